The lowest BCUT2D eigenvalue weighted by Crippen LogP contribution is -2.48. The summed E-state index contributed by atoms with van der Waals surface area (Å²) in [6.45, 7) is 3.98. The minimum atomic E-state index is -0.994. The average Bonchev–Trinajstić information content (AvgIpc) is 3.58. The first-order chi connectivity index (χ1) is 19.8. The first-order valence-electron chi connectivity index (χ1n) is 13.3. The number of ether oxygens (including phenoxy) is 2. The number of nitrogens with one attached hydrogen (secondary N) is 2. The predicted octanol–water partition coefficient (Wildman–Crippen LogP) is 5.34. The summed E-state index contributed by atoms with van der Waals surface area (Å²) < 4.78 is 10.8. The summed E-state index contributed by atoms with van der Waals surface area (Å²) in [6.07, 6.45) is 2.18. The zero-order chi connectivity index (χ0) is 29.0. The number of carbonyl (C=O) groups excluding carboxylic acids is 2. The standard InChI is InChI=1S/C30H34N4O5S2/c1-20-31-16-25(40-20)18-38-29(36)33-24(13-22-9-5-3-6-10-22)15-28(35)27(14-23-11-7-4-8-12-23)34-30(37)39-19-26-17-32-21(2)41-26/h3-12,16-17,24,27-28,35H,13-15,18-19H2,1-2H3,(H,33,36)(H,34,37)/t24-,27-,28-/m0/s1. The molecular formula is C30H34N4O5S2. The first-order valence-corrected chi connectivity index (χ1v) is 14.9. The van der Waals surface area contributed by atoms with Gasteiger partial charge in [-0.25, -0.2) is 19.6 Å². The number of amides is 2. The Labute approximate surface area is 247 Å². The number of hydrogen-bond donors (Lipinski definition) is 3. The maximum absolute atomic E-state index is 12.8. The van der Waals surface area contributed by atoms with Gasteiger partial charge in [-0.1, -0.05) is 60.7 Å². The van der Waals surface area contributed by atoms with Crippen LogP contribution in [0.5, 0.6) is 0 Å². The van der Waals surface area contributed by atoms with E-state index in [0.717, 1.165) is 30.9 Å². The lowest BCUT2D eigenvalue weighted by molar-refractivity contribution is 0.0864. The van der Waals surface area contributed by atoms with Gasteiger partial charge >= 0.3 is 12.2 Å². The van der Waals surface area contributed by atoms with Crippen LogP contribution in [0.2, 0.25) is 0 Å². The molecule has 4 rings (SSSR count). The van der Waals surface area contributed by atoms with Crippen molar-refractivity contribution in [1.82, 2.24) is 20.6 Å². The van der Waals surface area contributed by atoms with Crippen LogP contribution in [0, 0.1) is 13.8 Å². The minimum absolute atomic E-state index is 0.0921. The number of benzene rings is 2. The quantitative estimate of drug-likeness (QED) is 0.191. The van der Waals surface area contributed by atoms with Crippen molar-refractivity contribution in [2.75, 3.05) is 0 Å². The summed E-state index contributed by atoms with van der Waals surface area (Å²) in [5, 5.41) is 18.9. The summed E-state index contributed by atoms with van der Waals surface area (Å²) in [5.74, 6) is 0. The summed E-state index contributed by atoms with van der Waals surface area (Å²) in [5.41, 5.74) is 1.94. The van der Waals surface area contributed by atoms with Crippen molar-refractivity contribution in [3.8, 4) is 0 Å². The smallest absolute Gasteiger partial charge is 0.407 e. The van der Waals surface area contributed by atoms with Gasteiger partial charge in [0.1, 0.15) is 13.2 Å². The fraction of sp³-hybridized carbons (Fsp3) is 0.333. The molecule has 0 fully saturated rings. The number of aromatic nitrogens is 2. The molecule has 3 atom stereocenters. The van der Waals surface area contributed by atoms with E-state index in [1.165, 1.54) is 22.7 Å². The Balaban J connectivity index is 1.43. The van der Waals surface area contributed by atoms with E-state index in [1.807, 2.05) is 74.5 Å². The molecular weight excluding hydrogens is 560 g/mol. The van der Waals surface area contributed by atoms with Gasteiger partial charge in [0.25, 0.3) is 0 Å². The highest BCUT2D eigenvalue weighted by atomic mass is 32.1. The highest BCUT2D eigenvalue weighted by Gasteiger charge is 2.27. The monoisotopic (exact) mass is 594 g/mol. The molecule has 0 unspecified atom stereocenters. The SMILES string of the molecule is Cc1ncc(COC(=O)N[C@@H](Cc2ccccc2)C[C@H](O)[C@H](Cc2ccccc2)NC(=O)OCc2cnc(C)s2)s1. The fourth-order valence-electron chi connectivity index (χ4n) is 4.32. The Hall–Kier alpha value is -3.80. The van der Waals surface area contributed by atoms with E-state index in [0.29, 0.717) is 12.8 Å². The Morgan fingerprint density at radius 1 is 0.780 bits per heavy atom. The van der Waals surface area contributed by atoms with E-state index in [9.17, 15) is 14.7 Å². The number of thiazole rings is 2. The van der Waals surface area contributed by atoms with E-state index in [4.69, 9.17) is 9.47 Å². The Morgan fingerprint density at radius 3 is 1.76 bits per heavy atom. The van der Waals surface area contributed by atoms with Crippen LogP contribution in [0.4, 0.5) is 9.59 Å². The number of aliphatic hydroxyl groups is 1. The molecule has 11 heteroatoms. The van der Waals surface area contributed by atoms with E-state index >= 15 is 0 Å². The van der Waals surface area contributed by atoms with Crippen molar-refractivity contribution in [3.63, 3.8) is 0 Å². The Bertz CT molecular complexity index is 1380. The highest BCUT2D eigenvalue weighted by Crippen LogP contribution is 2.17. The number of nitrogens with zero attached hydrogens (tertiary/aromatic N) is 2. The van der Waals surface area contributed by atoms with Gasteiger partial charge in [-0.3, -0.25) is 0 Å². The van der Waals surface area contributed by atoms with Gasteiger partial charge in [0.05, 0.1) is 31.9 Å². The van der Waals surface area contributed by atoms with Crippen molar-refractivity contribution < 1.29 is 24.2 Å². The second kappa shape index (κ2) is 15.3. The lowest BCUT2D eigenvalue weighted by atomic mass is 9.94. The topological polar surface area (TPSA) is 123 Å². The van der Waals surface area contributed by atoms with Crippen molar-refractivity contribution in [1.29, 1.82) is 0 Å². The molecule has 216 valence electrons. The maximum Gasteiger partial charge on any atom is 0.407 e. The van der Waals surface area contributed by atoms with Crippen molar-refractivity contribution in [2.45, 2.75) is 64.5 Å². The molecule has 9 nitrogen and oxygen atoms in total. The normalized spacial score (nSPS) is 13.1. The molecule has 0 aliphatic heterocycles. The summed E-state index contributed by atoms with van der Waals surface area (Å²) in [7, 11) is 0. The molecule has 0 saturated heterocycles. The van der Waals surface area contributed by atoms with Crippen molar-refractivity contribution >= 4 is 34.9 Å². The largest absolute Gasteiger partial charge is 0.444 e. The van der Waals surface area contributed by atoms with Crippen molar-refractivity contribution in [3.05, 3.63) is 104 Å². The third kappa shape index (κ3) is 10.3. The number of rotatable bonds is 13. The van der Waals surface area contributed by atoms with Gasteiger partial charge in [-0.2, -0.15) is 0 Å². The van der Waals surface area contributed by atoms with E-state index in [-0.39, 0.29) is 19.6 Å². The van der Waals surface area contributed by atoms with E-state index < -0.39 is 30.4 Å². The molecule has 2 aromatic carbocycles. The van der Waals surface area contributed by atoms with Gasteiger partial charge in [0.15, 0.2) is 0 Å². The van der Waals surface area contributed by atoms with Crippen LogP contribution in [0.1, 0.15) is 37.3 Å². The number of carbonyl (C=O) groups is 2. The minimum Gasteiger partial charge on any atom is -0.444 e. The van der Waals surface area contributed by atoms with Crippen LogP contribution in [-0.4, -0.2) is 45.4 Å². The van der Waals surface area contributed by atoms with Crippen molar-refractivity contribution in [2.24, 2.45) is 0 Å². The molecule has 41 heavy (non-hydrogen) atoms. The van der Waals surface area contributed by atoms with Gasteiger partial charge in [0.2, 0.25) is 0 Å². The van der Waals surface area contributed by atoms with Crippen LogP contribution in [0.15, 0.2) is 73.1 Å². The van der Waals surface area contributed by atoms with E-state index in [2.05, 4.69) is 20.6 Å². The predicted molar refractivity (Wildman–Crippen MR) is 159 cm³/mol. The van der Waals surface area contributed by atoms with Gasteiger partial charge in [-0.05, 0) is 44.2 Å². The summed E-state index contributed by atoms with van der Waals surface area (Å²) in [6, 6.07) is 18.2. The molecule has 2 amide bonds. The fourth-order valence-corrected chi connectivity index (χ4v) is 5.73. The molecule has 3 N–H and O–H groups in total. The highest BCUT2D eigenvalue weighted by molar-refractivity contribution is 7.11. The van der Waals surface area contributed by atoms with Gasteiger partial charge in [-0.15, -0.1) is 22.7 Å². The zero-order valence-corrected chi connectivity index (χ0v) is 24.6. The second-order valence-corrected chi connectivity index (χ2v) is 12.3. The van der Waals surface area contributed by atoms with E-state index in [1.54, 1.807) is 12.4 Å². The van der Waals surface area contributed by atoms with Gasteiger partial charge < -0.3 is 25.2 Å². The molecule has 0 spiro atoms. The molecule has 2 heterocycles. The third-order valence-corrected chi connectivity index (χ3v) is 8.04. The number of hydrogen-bond acceptors (Lipinski definition) is 9. The summed E-state index contributed by atoms with van der Waals surface area (Å²) >= 11 is 2.92. The van der Waals surface area contributed by atoms with Crippen LogP contribution in [-0.2, 0) is 35.5 Å². The first kappa shape index (κ1) is 30.2. The number of alkyl carbamates (subject to hydrolysis) is 2. The number of aryl methyl sites for hydroxylation is 2. The van der Waals surface area contributed by atoms with Crippen LogP contribution >= 0.6 is 22.7 Å². The summed E-state index contributed by atoms with van der Waals surface area (Å²) in [4.78, 5) is 35.5. The molecule has 0 aliphatic carbocycles. The molecule has 0 aliphatic rings. The molecule has 4 aromatic rings. The van der Waals surface area contributed by atoms with Gasteiger partial charge in [0, 0.05) is 18.4 Å². The molecule has 2 aromatic heterocycles. The zero-order valence-electron chi connectivity index (χ0n) is 23.0. The van der Waals surface area contributed by atoms with Crippen LogP contribution in [0.25, 0.3) is 0 Å². The number of aliphatic hydroxyl groups excluding tert-OH is 1. The average molecular weight is 595 g/mol. The Morgan fingerprint density at radius 2 is 1.27 bits per heavy atom. The lowest BCUT2D eigenvalue weighted by Gasteiger charge is -2.28. The molecule has 0 saturated carbocycles. The Kier molecular flexibility index (Phi) is 11.2. The van der Waals surface area contributed by atoms with Crippen LogP contribution in [0.3, 0.4) is 0 Å². The third-order valence-electron chi connectivity index (χ3n) is 6.27. The molecule has 0 radical (unpaired) electrons. The maximum atomic E-state index is 12.8. The second-order valence-electron chi connectivity index (χ2n) is 9.62. The van der Waals surface area contributed by atoms with Crippen LogP contribution < -0.4 is 10.6 Å². The molecule has 0 bridgehead atoms.